The number of hydrogen-bond donors (Lipinski definition) is 4. The fourth-order valence-corrected chi connectivity index (χ4v) is 4.88. The average molecular weight is 535 g/mol. The molecule has 5 rings (SSSR count). The molecule has 4 N–H and O–H groups in total. The number of aliphatic hydroxyl groups is 1. The van der Waals surface area contributed by atoms with E-state index in [1.165, 1.54) is 0 Å². The third-order valence-electron chi connectivity index (χ3n) is 5.83. The summed E-state index contributed by atoms with van der Waals surface area (Å²) in [4.78, 5) is 18.1. The summed E-state index contributed by atoms with van der Waals surface area (Å²) in [6.07, 6.45) is 2.01. The van der Waals surface area contributed by atoms with E-state index in [1.54, 1.807) is 17.4 Å². The number of urea groups is 1. The van der Waals surface area contributed by atoms with Gasteiger partial charge in [-0.1, -0.05) is 49.4 Å². The molecule has 3 aromatic heterocycles. The number of benzene rings is 2. The molecule has 0 fully saturated rings. The van der Waals surface area contributed by atoms with Gasteiger partial charge in [0.1, 0.15) is 18.1 Å². The second-order valence-corrected chi connectivity index (χ2v) is 10.8. The van der Waals surface area contributed by atoms with Crippen LogP contribution in [0.4, 0.5) is 16.3 Å². The first-order valence-electron chi connectivity index (χ1n) is 12.3. The van der Waals surface area contributed by atoms with Gasteiger partial charge in [0, 0.05) is 42.0 Å². The lowest BCUT2D eigenvalue weighted by Gasteiger charge is -2.12. The highest BCUT2D eigenvalue weighted by atomic mass is 32.1. The molecule has 0 unspecified atom stereocenters. The van der Waals surface area contributed by atoms with Crippen LogP contribution in [0.1, 0.15) is 26.5 Å². The number of nitrogens with one attached hydrogen (secondary N) is 3. The summed E-state index contributed by atoms with van der Waals surface area (Å²) in [5, 5.41) is 21.3. The van der Waals surface area contributed by atoms with Crippen molar-refractivity contribution in [3.63, 3.8) is 0 Å². The Morgan fingerprint density at radius 2 is 1.92 bits per heavy atom. The molecule has 5 aromatic rings. The van der Waals surface area contributed by atoms with E-state index in [4.69, 9.17) is 19.4 Å². The van der Waals surface area contributed by atoms with Crippen LogP contribution in [-0.4, -0.2) is 52.0 Å². The predicted octanol–water partition coefficient (Wildman–Crippen LogP) is 5.11. The van der Waals surface area contributed by atoms with Crippen LogP contribution in [0.5, 0.6) is 5.75 Å². The standard InChI is InChI=1S/C27H30N6O4S/c1-27(2,3)23-15-24(32-37-23)31-25(35)29-18-6-4-17(5-7-18)20-16-33-21-9-8-19(36-13-11-28-10-12-34)14-22(21)38-26(33)30-20/h4-9,14-16,28,34H,10-13H2,1-3H3,(H2,29,31,32,35). The van der Waals surface area contributed by atoms with E-state index in [0.29, 0.717) is 37.0 Å². The Morgan fingerprint density at radius 3 is 2.66 bits per heavy atom. The van der Waals surface area contributed by atoms with Crippen molar-refractivity contribution < 1.29 is 19.2 Å². The molecule has 0 saturated carbocycles. The molecule has 10 nitrogen and oxygen atoms in total. The van der Waals surface area contributed by atoms with E-state index in [0.717, 1.165) is 32.2 Å². The minimum Gasteiger partial charge on any atom is -0.492 e. The molecule has 3 heterocycles. The number of carbonyl (C=O) groups excluding carboxylic acids is 1. The van der Waals surface area contributed by atoms with Gasteiger partial charge in [0.25, 0.3) is 0 Å². The molecule has 38 heavy (non-hydrogen) atoms. The average Bonchev–Trinajstić information content (AvgIpc) is 3.59. The van der Waals surface area contributed by atoms with Gasteiger partial charge in [0.05, 0.1) is 22.5 Å². The molecule has 0 radical (unpaired) electrons. The number of rotatable bonds is 9. The van der Waals surface area contributed by atoms with Gasteiger partial charge in [0.15, 0.2) is 10.8 Å². The smallest absolute Gasteiger partial charge is 0.324 e. The van der Waals surface area contributed by atoms with Crippen LogP contribution in [0.25, 0.3) is 26.4 Å². The zero-order chi connectivity index (χ0) is 26.7. The van der Waals surface area contributed by atoms with Crippen LogP contribution >= 0.6 is 11.3 Å². The molecule has 11 heteroatoms. The number of aromatic nitrogens is 3. The third-order valence-corrected chi connectivity index (χ3v) is 6.85. The molecule has 2 aromatic carbocycles. The molecular formula is C27H30N6O4S. The van der Waals surface area contributed by atoms with E-state index < -0.39 is 6.03 Å². The monoisotopic (exact) mass is 534 g/mol. The van der Waals surface area contributed by atoms with Crippen LogP contribution in [0.15, 0.2) is 59.3 Å². The van der Waals surface area contributed by atoms with Crippen molar-refractivity contribution in [2.75, 3.05) is 36.9 Å². The molecule has 0 atom stereocenters. The topological polar surface area (TPSA) is 126 Å². The second-order valence-electron chi connectivity index (χ2n) is 9.82. The van der Waals surface area contributed by atoms with Crippen molar-refractivity contribution >= 4 is 44.1 Å². The van der Waals surface area contributed by atoms with Gasteiger partial charge >= 0.3 is 6.03 Å². The van der Waals surface area contributed by atoms with E-state index in [-0.39, 0.29) is 12.0 Å². The van der Waals surface area contributed by atoms with E-state index in [9.17, 15) is 4.79 Å². The lowest BCUT2D eigenvalue weighted by atomic mass is 9.93. The van der Waals surface area contributed by atoms with Gasteiger partial charge in [-0.05, 0) is 30.3 Å². The highest BCUT2D eigenvalue weighted by Crippen LogP contribution is 2.32. The molecular weight excluding hydrogens is 504 g/mol. The molecule has 0 spiro atoms. The Kier molecular flexibility index (Phi) is 7.32. The SMILES string of the molecule is CC(C)(C)c1cc(NC(=O)Nc2ccc(-c3cn4c(n3)sc3cc(OCCNCCO)ccc34)cc2)no1. The number of hydrogen-bond acceptors (Lipinski definition) is 8. The van der Waals surface area contributed by atoms with Gasteiger partial charge in [0.2, 0.25) is 0 Å². The number of carbonyl (C=O) groups is 1. The van der Waals surface area contributed by atoms with Crippen LogP contribution in [0.3, 0.4) is 0 Å². The molecule has 0 aliphatic heterocycles. The number of aliphatic hydroxyl groups excluding tert-OH is 1. The highest BCUT2D eigenvalue weighted by molar-refractivity contribution is 7.23. The van der Waals surface area contributed by atoms with Crippen molar-refractivity contribution in [1.82, 2.24) is 19.9 Å². The summed E-state index contributed by atoms with van der Waals surface area (Å²) in [5.74, 6) is 1.86. The number of thiazole rings is 1. The van der Waals surface area contributed by atoms with Crippen molar-refractivity contribution in [2.45, 2.75) is 26.2 Å². The van der Waals surface area contributed by atoms with Crippen molar-refractivity contribution in [1.29, 1.82) is 0 Å². The first-order chi connectivity index (χ1) is 18.3. The number of imidazole rings is 1. The van der Waals surface area contributed by atoms with E-state index >= 15 is 0 Å². The molecule has 198 valence electrons. The fraction of sp³-hybridized carbons (Fsp3) is 0.296. The summed E-state index contributed by atoms with van der Waals surface area (Å²) < 4.78 is 14.3. The van der Waals surface area contributed by atoms with Crippen LogP contribution in [0, 0.1) is 0 Å². The van der Waals surface area contributed by atoms with Crippen LogP contribution < -0.4 is 20.7 Å². The Morgan fingerprint density at radius 1 is 1.11 bits per heavy atom. The lowest BCUT2D eigenvalue weighted by molar-refractivity contribution is 0.262. The first-order valence-corrected chi connectivity index (χ1v) is 13.1. The molecule has 0 saturated heterocycles. The van der Waals surface area contributed by atoms with Gasteiger partial charge in [-0.2, -0.15) is 0 Å². The number of anilines is 2. The summed E-state index contributed by atoms with van der Waals surface area (Å²) in [5.41, 5.74) is 3.32. The van der Waals surface area contributed by atoms with Crippen LogP contribution in [-0.2, 0) is 5.41 Å². The van der Waals surface area contributed by atoms with Gasteiger partial charge < -0.3 is 25.0 Å². The molecule has 0 aliphatic rings. The summed E-state index contributed by atoms with van der Waals surface area (Å²) in [7, 11) is 0. The highest BCUT2D eigenvalue weighted by Gasteiger charge is 2.20. The van der Waals surface area contributed by atoms with Crippen molar-refractivity contribution in [2.24, 2.45) is 0 Å². The normalized spacial score (nSPS) is 11.8. The maximum atomic E-state index is 12.4. The lowest BCUT2D eigenvalue weighted by Crippen LogP contribution is -2.23. The maximum absolute atomic E-state index is 12.4. The summed E-state index contributed by atoms with van der Waals surface area (Å²) >= 11 is 1.60. The third kappa shape index (κ3) is 5.80. The minimum absolute atomic E-state index is 0.116. The molecule has 2 amide bonds. The van der Waals surface area contributed by atoms with Crippen molar-refractivity contribution in [3.8, 4) is 17.0 Å². The van der Waals surface area contributed by atoms with E-state index in [1.807, 2.05) is 69.4 Å². The minimum atomic E-state index is -0.398. The van der Waals surface area contributed by atoms with Gasteiger partial charge in [-0.3, -0.25) is 9.72 Å². The quantitative estimate of drug-likeness (QED) is 0.194. The Bertz CT molecular complexity index is 1550. The predicted molar refractivity (Wildman–Crippen MR) is 149 cm³/mol. The van der Waals surface area contributed by atoms with Gasteiger partial charge in [-0.25, -0.2) is 9.78 Å². The fourth-order valence-electron chi connectivity index (χ4n) is 3.85. The second kappa shape index (κ2) is 10.8. The number of fused-ring (bicyclic) bond motifs is 3. The Hall–Kier alpha value is -3.93. The van der Waals surface area contributed by atoms with Gasteiger partial charge in [-0.15, -0.1) is 0 Å². The number of amides is 2. The number of ether oxygens (including phenoxy) is 1. The largest absolute Gasteiger partial charge is 0.492 e. The number of nitrogens with zero attached hydrogens (tertiary/aromatic N) is 3. The van der Waals surface area contributed by atoms with Crippen molar-refractivity contribution in [3.05, 3.63) is 60.5 Å². The Balaban J connectivity index is 1.22. The van der Waals surface area contributed by atoms with Crippen LogP contribution in [0.2, 0.25) is 0 Å². The summed E-state index contributed by atoms with van der Waals surface area (Å²) in [6.45, 7) is 7.92. The maximum Gasteiger partial charge on any atom is 0.324 e. The molecule has 0 bridgehead atoms. The zero-order valence-electron chi connectivity index (χ0n) is 21.4. The first kappa shape index (κ1) is 25.7. The Labute approximate surface area is 223 Å². The molecule has 0 aliphatic carbocycles. The summed E-state index contributed by atoms with van der Waals surface area (Å²) in [6, 6.07) is 14.9. The van der Waals surface area contributed by atoms with E-state index in [2.05, 4.69) is 25.5 Å². The zero-order valence-corrected chi connectivity index (χ0v) is 22.3.